The highest BCUT2D eigenvalue weighted by atomic mass is 19.1. The van der Waals surface area contributed by atoms with Crippen LogP contribution < -0.4 is 10.5 Å². The van der Waals surface area contributed by atoms with Crippen molar-refractivity contribution in [2.45, 2.75) is 6.61 Å². The van der Waals surface area contributed by atoms with Gasteiger partial charge in [-0.25, -0.2) is 19.3 Å². The molecule has 0 aliphatic rings. The molecule has 4 rings (SSSR count). The summed E-state index contributed by atoms with van der Waals surface area (Å²) in [4.78, 5) is 12.8. The number of aryl methyl sites for hydroxylation is 1. The van der Waals surface area contributed by atoms with Crippen molar-refractivity contribution in [1.29, 1.82) is 0 Å². The number of nitrogens with zero attached hydrogens (tertiary/aromatic N) is 4. The van der Waals surface area contributed by atoms with Crippen LogP contribution in [0.2, 0.25) is 0 Å². The highest BCUT2D eigenvalue weighted by molar-refractivity contribution is 5.85. The maximum atomic E-state index is 12.9. The van der Waals surface area contributed by atoms with Crippen molar-refractivity contribution >= 4 is 17.0 Å². The van der Waals surface area contributed by atoms with Gasteiger partial charge < -0.3 is 15.0 Å². The quantitative estimate of drug-likeness (QED) is 0.611. The van der Waals surface area contributed by atoms with Crippen molar-refractivity contribution < 1.29 is 9.13 Å². The summed E-state index contributed by atoms with van der Waals surface area (Å²) in [6, 6.07) is 13.8. The number of imidazole rings is 1. The number of nitrogen functional groups attached to an aromatic ring is 1. The molecule has 0 unspecified atom stereocenters. The third-order valence-electron chi connectivity index (χ3n) is 4.12. The summed E-state index contributed by atoms with van der Waals surface area (Å²) in [5, 5.41) is 0. The van der Waals surface area contributed by atoms with Crippen molar-refractivity contribution in [3.8, 4) is 17.1 Å². The standard InChI is InChI=1S/C19H16FN5O/c1-25-18(24-16-17(21)22-11-23-19(16)25)13-4-8-15(9-5-13)26-10-12-2-6-14(20)7-3-12/h2-9,11H,10H2,1H3,(H2,21,22,23). The molecule has 2 aromatic heterocycles. The predicted molar refractivity (Wildman–Crippen MR) is 96.9 cm³/mol. The Morgan fingerprint density at radius 3 is 2.46 bits per heavy atom. The number of aromatic nitrogens is 4. The molecule has 0 spiro atoms. The van der Waals surface area contributed by atoms with E-state index >= 15 is 0 Å². The lowest BCUT2D eigenvalue weighted by Gasteiger charge is -2.07. The molecule has 7 heteroatoms. The molecule has 0 saturated carbocycles. The van der Waals surface area contributed by atoms with E-state index in [1.807, 2.05) is 35.9 Å². The van der Waals surface area contributed by atoms with Crippen LogP contribution in [-0.4, -0.2) is 19.5 Å². The minimum absolute atomic E-state index is 0.258. The summed E-state index contributed by atoms with van der Waals surface area (Å²) >= 11 is 0. The first-order valence-electron chi connectivity index (χ1n) is 8.02. The van der Waals surface area contributed by atoms with Crippen molar-refractivity contribution in [1.82, 2.24) is 19.5 Å². The van der Waals surface area contributed by atoms with E-state index in [4.69, 9.17) is 10.5 Å². The molecule has 4 aromatic rings. The maximum Gasteiger partial charge on any atom is 0.165 e. The number of nitrogens with two attached hydrogens (primary N) is 1. The fourth-order valence-electron chi connectivity index (χ4n) is 2.72. The minimum Gasteiger partial charge on any atom is -0.489 e. The first-order chi connectivity index (χ1) is 12.6. The van der Waals surface area contributed by atoms with Gasteiger partial charge in [-0.15, -0.1) is 0 Å². The second-order valence-corrected chi connectivity index (χ2v) is 5.87. The van der Waals surface area contributed by atoms with E-state index in [0.29, 0.717) is 23.6 Å². The molecule has 2 heterocycles. The van der Waals surface area contributed by atoms with E-state index in [2.05, 4.69) is 15.0 Å². The number of hydrogen-bond donors (Lipinski definition) is 1. The number of halogens is 1. The number of fused-ring (bicyclic) bond motifs is 1. The summed E-state index contributed by atoms with van der Waals surface area (Å²) in [7, 11) is 1.88. The van der Waals surface area contributed by atoms with Crippen LogP contribution in [0.1, 0.15) is 5.56 Å². The van der Waals surface area contributed by atoms with Gasteiger partial charge in [0.15, 0.2) is 17.0 Å². The van der Waals surface area contributed by atoms with E-state index in [9.17, 15) is 4.39 Å². The van der Waals surface area contributed by atoms with Crippen LogP contribution in [0.15, 0.2) is 54.9 Å². The Hall–Kier alpha value is -3.48. The first kappa shape index (κ1) is 16.0. The van der Waals surface area contributed by atoms with Crippen LogP contribution >= 0.6 is 0 Å². The molecule has 0 aliphatic carbocycles. The van der Waals surface area contributed by atoms with Crippen LogP contribution in [-0.2, 0) is 13.7 Å². The largest absolute Gasteiger partial charge is 0.489 e. The number of ether oxygens (including phenoxy) is 1. The maximum absolute atomic E-state index is 12.9. The van der Waals surface area contributed by atoms with E-state index in [1.165, 1.54) is 18.5 Å². The highest BCUT2D eigenvalue weighted by Gasteiger charge is 2.13. The Morgan fingerprint density at radius 1 is 1.04 bits per heavy atom. The van der Waals surface area contributed by atoms with Crippen LogP contribution in [0, 0.1) is 5.82 Å². The number of rotatable bonds is 4. The second kappa shape index (κ2) is 6.44. The molecule has 6 nitrogen and oxygen atoms in total. The Bertz CT molecular complexity index is 1060. The van der Waals surface area contributed by atoms with Crippen LogP contribution in [0.3, 0.4) is 0 Å². The van der Waals surface area contributed by atoms with Crippen LogP contribution in [0.25, 0.3) is 22.6 Å². The second-order valence-electron chi connectivity index (χ2n) is 5.87. The van der Waals surface area contributed by atoms with E-state index in [1.54, 1.807) is 12.1 Å². The number of benzene rings is 2. The van der Waals surface area contributed by atoms with Gasteiger partial charge in [-0.3, -0.25) is 0 Å². The Labute approximate surface area is 149 Å². The number of anilines is 1. The molecule has 0 amide bonds. The third kappa shape index (κ3) is 2.95. The van der Waals surface area contributed by atoms with Gasteiger partial charge in [0.05, 0.1) is 0 Å². The van der Waals surface area contributed by atoms with Gasteiger partial charge in [0.2, 0.25) is 0 Å². The van der Waals surface area contributed by atoms with Gasteiger partial charge in [-0.05, 0) is 42.0 Å². The van der Waals surface area contributed by atoms with Crippen molar-refractivity contribution in [2.24, 2.45) is 7.05 Å². The molecule has 0 atom stereocenters. The molecular weight excluding hydrogens is 333 g/mol. The zero-order valence-electron chi connectivity index (χ0n) is 14.1. The third-order valence-corrected chi connectivity index (χ3v) is 4.12. The molecule has 0 fully saturated rings. The summed E-state index contributed by atoms with van der Waals surface area (Å²) < 4.78 is 20.5. The zero-order chi connectivity index (χ0) is 18.1. The zero-order valence-corrected chi connectivity index (χ0v) is 14.1. The van der Waals surface area contributed by atoms with E-state index < -0.39 is 0 Å². The monoisotopic (exact) mass is 349 g/mol. The smallest absolute Gasteiger partial charge is 0.165 e. The lowest BCUT2D eigenvalue weighted by atomic mass is 10.2. The van der Waals surface area contributed by atoms with Gasteiger partial charge in [0.25, 0.3) is 0 Å². The van der Waals surface area contributed by atoms with Crippen molar-refractivity contribution in [3.63, 3.8) is 0 Å². The van der Waals surface area contributed by atoms with Crippen molar-refractivity contribution in [2.75, 3.05) is 5.73 Å². The molecular formula is C19H16FN5O. The average molecular weight is 349 g/mol. The average Bonchev–Trinajstić information content (AvgIpc) is 3.00. The summed E-state index contributed by atoms with van der Waals surface area (Å²) in [6.45, 7) is 0.373. The molecule has 0 radical (unpaired) electrons. The van der Waals surface area contributed by atoms with Gasteiger partial charge in [0, 0.05) is 12.6 Å². The fourth-order valence-corrected chi connectivity index (χ4v) is 2.72. The first-order valence-corrected chi connectivity index (χ1v) is 8.02. The number of hydrogen-bond acceptors (Lipinski definition) is 5. The van der Waals surface area contributed by atoms with E-state index in [-0.39, 0.29) is 5.82 Å². The summed E-state index contributed by atoms with van der Waals surface area (Å²) in [5.74, 6) is 1.57. The van der Waals surface area contributed by atoms with E-state index in [0.717, 1.165) is 22.7 Å². The Balaban J connectivity index is 1.55. The molecule has 2 aromatic carbocycles. The lowest BCUT2D eigenvalue weighted by molar-refractivity contribution is 0.306. The minimum atomic E-state index is -0.258. The van der Waals surface area contributed by atoms with Crippen LogP contribution in [0.4, 0.5) is 10.2 Å². The highest BCUT2D eigenvalue weighted by Crippen LogP contribution is 2.26. The van der Waals surface area contributed by atoms with Gasteiger partial charge in [0.1, 0.15) is 30.3 Å². The molecule has 0 saturated heterocycles. The molecule has 130 valence electrons. The van der Waals surface area contributed by atoms with Crippen LogP contribution in [0.5, 0.6) is 5.75 Å². The molecule has 0 bridgehead atoms. The SMILES string of the molecule is Cn1c(-c2ccc(OCc3ccc(F)cc3)cc2)nc2c(N)ncnc21. The van der Waals surface area contributed by atoms with Crippen molar-refractivity contribution in [3.05, 3.63) is 66.2 Å². The normalized spacial score (nSPS) is 11.0. The Morgan fingerprint density at radius 2 is 1.77 bits per heavy atom. The van der Waals surface area contributed by atoms with Gasteiger partial charge in [-0.2, -0.15) is 0 Å². The Kier molecular flexibility index (Phi) is 3.96. The molecule has 0 aliphatic heterocycles. The summed E-state index contributed by atoms with van der Waals surface area (Å²) in [6.07, 6.45) is 1.43. The molecule has 26 heavy (non-hydrogen) atoms. The van der Waals surface area contributed by atoms with Gasteiger partial charge in [-0.1, -0.05) is 12.1 Å². The predicted octanol–water partition coefficient (Wildman–Crippen LogP) is 3.33. The molecule has 2 N–H and O–H groups in total. The fraction of sp³-hybridized carbons (Fsp3) is 0.105. The van der Waals surface area contributed by atoms with Gasteiger partial charge >= 0.3 is 0 Å². The topological polar surface area (TPSA) is 78.9 Å². The summed E-state index contributed by atoms with van der Waals surface area (Å²) in [5.41, 5.74) is 8.96. The lowest BCUT2D eigenvalue weighted by Crippen LogP contribution is -1.97.